The van der Waals surface area contributed by atoms with E-state index >= 15 is 0 Å². The summed E-state index contributed by atoms with van der Waals surface area (Å²) in [5.74, 6) is 0.112. The summed E-state index contributed by atoms with van der Waals surface area (Å²) >= 11 is 0. The second-order valence-corrected chi connectivity index (χ2v) is 6.29. The van der Waals surface area contributed by atoms with E-state index in [1.54, 1.807) is 17.0 Å². The summed E-state index contributed by atoms with van der Waals surface area (Å²) in [7, 11) is 0. The molecule has 6 heteroatoms. The average molecular weight is 295 g/mol. The van der Waals surface area contributed by atoms with E-state index in [0.717, 1.165) is 0 Å². The zero-order chi connectivity index (χ0) is 15.6. The maximum atomic E-state index is 13.2. The van der Waals surface area contributed by atoms with Crippen molar-refractivity contribution in [3.05, 3.63) is 24.1 Å². The van der Waals surface area contributed by atoms with Crippen LogP contribution in [0.2, 0.25) is 0 Å². The van der Waals surface area contributed by atoms with Crippen LogP contribution in [0.3, 0.4) is 0 Å². The highest BCUT2D eigenvalue weighted by atomic mass is 19.1. The molecule has 1 aliphatic rings. The van der Waals surface area contributed by atoms with Gasteiger partial charge in [0.05, 0.1) is 0 Å². The topological polar surface area (TPSA) is 45.7 Å². The number of anilines is 1. The lowest BCUT2D eigenvalue weighted by molar-refractivity contribution is 0.0218. The minimum absolute atomic E-state index is 0.0561. The Morgan fingerprint density at radius 3 is 2.67 bits per heavy atom. The third-order valence-electron chi connectivity index (χ3n) is 3.27. The molecule has 0 spiro atoms. The number of nitrogens with zero attached hydrogens (tertiary/aromatic N) is 3. The van der Waals surface area contributed by atoms with Crippen LogP contribution in [0.4, 0.5) is 15.0 Å². The van der Waals surface area contributed by atoms with Gasteiger partial charge < -0.3 is 14.5 Å². The fraction of sp³-hybridized carbons (Fsp3) is 0.600. The lowest BCUT2D eigenvalue weighted by Gasteiger charge is -2.40. The number of hydrogen-bond donors (Lipinski definition) is 0. The molecule has 1 saturated heterocycles. The van der Waals surface area contributed by atoms with Gasteiger partial charge in [-0.15, -0.1) is 0 Å². The molecule has 0 aliphatic carbocycles. The van der Waals surface area contributed by atoms with Crippen molar-refractivity contribution in [3.63, 3.8) is 0 Å². The van der Waals surface area contributed by atoms with Crippen LogP contribution in [0.5, 0.6) is 0 Å². The number of ether oxygens (including phenoxy) is 1. The number of aromatic nitrogens is 1. The molecule has 5 nitrogen and oxygen atoms in total. The van der Waals surface area contributed by atoms with E-state index in [4.69, 9.17) is 4.74 Å². The predicted octanol–water partition coefficient (Wildman–Crippen LogP) is 2.67. The van der Waals surface area contributed by atoms with E-state index in [2.05, 4.69) is 4.98 Å². The summed E-state index contributed by atoms with van der Waals surface area (Å²) in [6.45, 7) is 9.22. The third kappa shape index (κ3) is 4.06. The standard InChI is InChI=1S/C15H22FN3O2/c1-11-10-18(14(20)21-15(2,3)4)8-9-19(11)13-7-5-6-12(16)17-13/h5-7,11H,8-10H2,1-4H3. The molecule has 1 amide bonds. The number of rotatable bonds is 1. The van der Waals surface area contributed by atoms with Crippen LogP contribution in [0.1, 0.15) is 27.7 Å². The molecule has 0 aromatic carbocycles. The van der Waals surface area contributed by atoms with Gasteiger partial charge in [0, 0.05) is 25.7 Å². The quantitative estimate of drug-likeness (QED) is 0.747. The van der Waals surface area contributed by atoms with Crippen molar-refractivity contribution in [3.8, 4) is 0 Å². The minimum atomic E-state index is -0.498. The molecule has 1 aromatic rings. The molecule has 0 bridgehead atoms. The van der Waals surface area contributed by atoms with Crippen molar-refractivity contribution in [2.75, 3.05) is 24.5 Å². The van der Waals surface area contributed by atoms with Crippen molar-refractivity contribution in [1.29, 1.82) is 0 Å². The maximum absolute atomic E-state index is 13.2. The summed E-state index contributed by atoms with van der Waals surface area (Å²) in [6, 6.07) is 4.80. The number of halogens is 1. The number of hydrogen-bond acceptors (Lipinski definition) is 4. The van der Waals surface area contributed by atoms with Crippen molar-refractivity contribution < 1.29 is 13.9 Å². The molecular weight excluding hydrogens is 273 g/mol. The largest absolute Gasteiger partial charge is 0.444 e. The van der Waals surface area contributed by atoms with Crippen LogP contribution < -0.4 is 4.90 Å². The zero-order valence-corrected chi connectivity index (χ0v) is 13.0. The number of carbonyl (C=O) groups is 1. The van der Waals surface area contributed by atoms with Crippen molar-refractivity contribution in [2.45, 2.75) is 39.3 Å². The average Bonchev–Trinajstić information content (AvgIpc) is 2.36. The molecular formula is C15H22FN3O2. The summed E-state index contributed by atoms with van der Waals surface area (Å²) in [4.78, 5) is 19.7. The van der Waals surface area contributed by atoms with Gasteiger partial charge in [-0.25, -0.2) is 9.78 Å². The highest BCUT2D eigenvalue weighted by molar-refractivity contribution is 5.68. The minimum Gasteiger partial charge on any atom is -0.444 e. The summed E-state index contributed by atoms with van der Waals surface area (Å²) < 4.78 is 18.6. The van der Waals surface area contributed by atoms with Crippen molar-refractivity contribution in [1.82, 2.24) is 9.88 Å². The Hall–Kier alpha value is -1.85. The van der Waals surface area contributed by atoms with Crippen LogP contribution in [0.15, 0.2) is 18.2 Å². The first-order valence-electron chi connectivity index (χ1n) is 7.13. The van der Waals surface area contributed by atoms with Gasteiger partial charge >= 0.3 is 6.09 Å². The number of carbonyl (C=O) groups excluding carboxylic acids is 1. The Morgan fingerprint density at radius 2 is 2.10 bits per heavy atom. The number of piperazine rings is 1. The van der Waals surface area contributed by atoms with Crippen LogP contribution in [-0.2, 0) is 4.74 Å². The fourth-order valence-corrected chi connectivity index (χ4v) is 2.35. The Kier molecular flexibility index (Phi) is 4.34. The van der Waals surface area contributed by atoms with Crippen LogP contribution in [0, 0.1) is 5.95 Å². The predicted molar refractivity (Wildman–Crippen MR) is 78.8 cm³/mol. The normalized spacial score (nSPS) is 19.6. The zero-order valence-electron chi connectivity index (χ0n) is 13.0. The molecule has 1 atom stereocenters. The van der Waals surface area contributed by atoms with Gasteiger partial charge in [0.1, 0.15) is 11.4 Å². The van der Waals surface area contributed by atoms with Gasteiger partial charge in [-0.05, 0) is 39.8 Å². The van der Waals surface area contributed by atoms with E-state index in [0.29, 0.717) is 25.5 Å². The molecule has 1 aromatic heterocycles. The Bertz CT molecular complexity index is 516. The van der Waals surface area contributed by atoms with E-state index < -0.39 is 11.5 Å². The van der Waals surface area contributed by atoms with Gasteiger partial charge in [-0.1, -0.05) is 6.07 Å². The molecule has 21 heavy (non-hydrogen) atoms. The van der Waals surface area contributed by atoms with E-state index in [9.17, 15) is 9.18 Å². The number of pyridine rings is 1. The smallest absolute Gasteiger partial charge is 0.410 e. The van der Waals surface area contributed by atoms with Crippen LogP contribution in [-0.4, -0.2) is 47.3 Å². The molecule has 1 unspecified atom stereocenters. The molecule has 0 N–H and O–H groups in total. The molecule has 1 aliphatic heterocycles. The second-order valence-electron chi connectivity index (χ2n) is 6.29. The molecule has 0 saturated carbocycles. The molecule has 2 heterocycles. The number of amides is 1. The van der Waals surface area contributed by atoms with Crippen molar-refractivity contribution >= 4 is 11.9 Å². The summed E-state index contributed by atoms with van der Waals surface area (Å²) in [6.07, 6.45) is -0.304. The van der Waals surface area contributed by atoms with Gasteiger partial charge in [0.25, 0.3) is 0 Å². The maximum Gasteiger partial charge on any atom is 0.410 e. The fourth-order valence-electron chi connectivity index (χ4n) is 2.35. The molecule has 2 rings (SSSR count). The molecule has 116 valence electrons. The van der Waals surface area contributed by atoms with Gasteiger partial charge in [-0.2, -0.15) is 4.39 Å². The van der Waals surface area contributed by atoms with Crippen LogP contribution in [0.25, 0.3) is 0 Å². The Labute approximate surface area is 124 Å². The highest BCUT2D eigenvalue weighted by Crippen LogP contribution is 2.20. The van der Waals surface area contributed by atoms with Crippen molar-refractivity contribution in [2.24, 2.45) is 0 Å². The lowest BCUT2D eigenvalue weighted by Crippen LogP contribution is -2.54. The molecule has 0 radical (unpaired) electrons. The first-order chi connectivity index (χ1) is 9.76. The first-order valence-corrected chi connectivity index (χ1v) is 7.13. The second kappa shape index (κ2) is 5.87. The third-order valence-corrected chi connectivity index (χ3v) is 3.27. The molecule has 1 fully saturated rings. The Morgan fingerprint density at radius 1 is 1.38 bits per heavy atom. The van der Waals surface area contributed by atoms with E-state index in [1.165, 1.54) is 6.07 Å². The van der Waals surface area contributed by atoms with E-state index in [1.807, 2.05) is 32.6 Å². The van der Waals surface area contributed by atoms with Gasteiger partial charge in [0.15, 0.2) is 0 Å². The summed E-state index contributed by atoms with van der Waals surface area (Å²) in [5, 5.41) is 0. The summed E-state index contributed by atoms with van der Waals surface area (Å²) in [5.41, 5.74) is -0.498. The monoisotopic (exact) mass is 295 g/mol. The Balaban J connectivity index is 2.01. The van der Waals surface area contributed by atoms with Gasteiger partial charge in [-0.3, -0.25) is 0 Å². The SMILES string of the molecule is CC1CN(C(=O)OC(C)(C)C)CCN1c1cccc(F)n1. The van der Waals surface area contributed by atoms with Gasteiger partial charge in [0.2, 0.25) is 5.95 Å². The van der Waals surface area contributed by atoms with Crippen LogP contribution >= 0.6 is 0 Å². The first kappa shape index (κ1) is 15.5. The van der Waals surface area contributed by atoms with E-state index in [-0.39, 0.29) is 12.1 Å². The lowest BCUT2D eigenvalue weighted by atomic mass is 10.2. The highest BCUT2D eigenvalue weighted by Gasteiger charge is 2.30.